The van der Waals surface area contributed by atoms with E-state index in [4.69, 9.17) is 5.21 Å². The van der Waals surface area contributed by atoms with Crippen LogP contribution in [-0.4, -0.2) is 11.0 Å². The molecular weight excluding hydrogens is 453 g/mol. The molecule has 97 valence electrons. The quantitative estimate of drug-likeness (QED) is 0.536. The standard InChI is InChI=1S/C15H14O.Ac.H3NO/c1-12-7-9-13(10-8-12)11-15(16)14-5-3-2-4-6-14;;1-2/h2-10H,11H2,1H3;;2H,1H2. The van der Waals surface area contributed by atoms with E-state index in [1.54, 1.807) is 0 Å². The molecular formula is C15H17AcNO2. The maximum atomic E-state index is 11.9. The van der Waals surface area contributed by atoms with Gasteiger partial charge in [0, 0.05) is 56.0 Å². The topological polar surface area (TPSA) is 63.3 Å². The van der Waals surface area contributed by atoms with Gasteiger partial charge in [-0.2, -0.15) is 0 Å². The summed E-state index contributed by atoms with van der Waals surface area (Å²) < 4.78 is 0. The zero-order valence-corrected chi connectivity index (χ0v) is 15.7. The van der Waals surface area contributed by atoms with Gasteiger partial charge in [-0.25, -0.2) is 5.90 Å². The maximum absolute atomic E-state index is 11.9. The normalized spacial score (nSPS) is 8.79. The number of hydrogen-bond donors (Lipinski definition) is 2. The summed E-state index contributed by atoms with van der Waals surface area (Å²) in [5.41, 5.74) is 3.07. The summed E-state index contributed by atoms with van der Waals surface area (Å²) in [7, 11) is 0. The van der Waals surface area contributed by atoms with Gasteiger partial charge < -0.3 is 5.21 Å². The average Bonchev–Trinajstić information content (AvgIpc) is 2.44. The number of rotatable bonds is 3. The SMILES string of the molecule is Cc1ccc(CC(=O)c2ccccc2)cc1.NO.[Ac]. The molecule has 0 saturated carbocycles. The molecule has 0 spiro atoms. The zero-order chi connectivity index (χ0) is 13.4. The molecule has 0 heterocycles. The first kappa shape index (κ1) is 18.5. The molecule has 0 saturated heterocycles. The summed E-state index contributed by atoms with van der Waals surface area (Å²) in [6, 6.07) is 17.5. The van der Waals surface area contributed by atoms with Crippen LogP contribution in [0.25, 0.3) is 0 Å². The molecule has 19 heavy (non-hydrogen) atoms. The molecule has 0 bridgehead atoms. The van der Waals surface area contributed by atoms with Gasteiger partial charge >= 0.3 is 0 Å². The minimum absolute atomic E-state index is 0. The average molecular weight is 470 g/mol. The molecule has 3 nitrogen and oxygen atoms in total. The van der Waals surface area contributed by atoms with E-state index in [9.17, 15) is 4.79 Å². The van der Waals surface area contributed by atoms with Gasteiger partial charge in [0.2, 0.25) is 0 Å². The summed E-state index contributed by atoms with van der Waals surface area (Å²) in [5, 5.41) is 6.50. The first-order valence-corrected chi connectivity index (χ1v) is 5.65. The second-order valence-electron chi connectivity index (χ2n) is 3.95. The monoisotopic (exact) mass is 470 g/mol. The largest absolute Gasteiger partial charge is 0.320 e. The van der Waals surface area contributed by atoms with Crippen LogP contribution in [0.2, 0.25) is 0 Å². The molecule has 2 rings (SSSR count). The van der Waals surface area contributed by atoms with E-state index in [-0.39, 0.29) is 49.8 Å². The van der Waals surface area contributed by atoms with Gasteiger partial charge in [0.05, 0.1) is 0 Å². The number of nitrogens with two attached hydrogens (primary N) is 1. The maximum Gasteiger partial charge on any atom is 0.167 e. The van der Waals surface area contributed by atoms with E-state index in [0.29, 0.717) is 6.42 Å². The smallest absolute Gasteiger partial charge is 0.167 e. The molecule has 0 aliphatic heterocycles. The Morgan fingerprint density at radius 3 is 2.05 bits per heavy atom. The van der Waals surface area contributed by atoms with Crippen molar-refractivity contribution in [3.05, 3.63) is 71.3 Å². The minimum Gasteiger partial charge on any atom is -0.320 e. The van der Waals surface area contributed by atoms with E-state index >= 15 is 0 Å². The predicted octanol–water partition coefficient (Wildman–Crippen LogP) is 2.75. The zero-order valence-electron chi connectivity index (χ0n) is 10.9. The number of carbonyl (C=O) groups excluding carboxylic acids is 1. The molecule has 0 aliphatic carbocycles. The van der Waals surface area contributed by atoms with Crippen LogP contribution in [0.15, 0.2) is 54.6 Å². The molecule has 0 aromatic heterocycles. The van der Waals surface area contributed by atoms with Crippen molar-refractivity contribution in [3.63, 3.8) is 0 Å². The van der Waals surface area contributed by atoms with Crippen LogP contribution in [-0.2, 0) is 6.42 Å². The fraction of sp³-hybridized carbons (Fsp3) is 0.133. The summed E-state index contributed by atoms with van der Waals surface area (Å²) >= 11 is 0. The van der Waals surface area contributed by atoms with E-state index in [2.05, 4.69) is 5.90 Å². The van der Waals surface area contributed by atoms with Gasteiger partial charge in [-0.1, -0.05) is 60.2 Å². The Morgan fingerprint density at radius 1 is 1.00 bits per heavy atom. The number of hydrogen-bond acceptors (Lipinski definition) is 3. The molecule has 2 aromatic carbocycles. The fourth-order valence-corrected chi connectivity index (χ4v) is 1.62. The Morgan fingerprint density at radius 2 is 1.53 bits per heavy atom. The number of carbonyl (C=O) groups is 1. The van der Waals surface area contributed by atoms with Gasteiger partial charge in [-0.15, -0.1) is 0 Å². The third-order valence-electron chi connectivity index (χ3n) is 2.58. The summed E-state index contributed by atoms with van der Waals surface area (Å²) in [6.45, 7) is 2.04. The van der Waals surface area contributed by atoms with E-state index in [0.717, 1.165) is 11.1 Å². The molecule has 0 aliphatic rings. The van der Waals surface area contributed by atoms with E-state index < -0.39 is 0 Å². The van der Waals surface area contributed by atoms with Crippen molar-refractivity contribution in [1.29, 1.82) is 0 Å². The van der Waals surface area contributed by atoms with Crippen molar-refractivity contribution in [1.82, 2.24) is 0 Å². The molecule has 0 atom stereocenters. The Kier molecular flexibility index (Phi) is 10.00. The number of aryl methyl sites for hydroxylation is 1. The van der Waals surface area contributed by atoms with Crippen molar-refractivity contribution in [2.24, 2.45) is 5.90 Å². The number of Topliss-reactive ketones (excluding diaryl/α,β-unsaturated/α-hetero) is 1. The van der Waals surface area contributed by atoms with Gasteiger partial charge in [-0.05, 0) is 12.5 Å². The summed E-state index contributed by atoms with van der Waals surface area (Å²) in [6.07, 6.45) is 0.476. The van der Waals surface area contributed by atoms with Crippen LogP contribution in [0, 0.1) is 51.0 Å². The molecule has 2 aromatic rings. The van der Waals surface area contributed by atoms with Crippen LogP contribution in [0.5, 0.6) is 0 Å². The first-order valence-electron chi connectivity index (χ1n) is 5.65. The Bertz CT molecular complexity index is 483. The fourth-order valence-electron chi connectivity index (χ4n) is 1.62. The second kappa shape index (κ2) is 10.3. The number of benzene rings is 2. The van der Waals surface area contributed by atoms with Crippen LogP contribution in [0.1, 0.15) is 21.5 Å². The molecule has 0 fully saturated rings. The Balaban J connectivity index is 0.00000103. The summed E-state index contributed by atoms with van der Waals surface area (Å²) in [5.74, 6) is 3.67. The number of ketones is 1. The Hall–Kier alpha value is -0.528. The van der Waals surface area contributed by atoms with Crippen LogP contribution < -0.4 is 5.90 Å². The molecule has 3 N–H and O–H groups in total. The van der Waals surface area contributed by atoms with Gasteiger partial charge in [0.1, 0.15) is 0 Å². The van der Waals surface area contributed by atoms with Crippen molar-refractivity contribution in [3.8, 4) is 0 Å². The van der Waals surface area contributed by atoms with Crippen molar-refractivity contribution < 1.29 is 54.1 Å². The molecule has 0 unspecified atom stereocenters. The predicted molar refractivity (Wildman–Crippen MR) is 71.6 cm³/mol. The van der Waals surface area contributed by atoms with E-state index in [1.165, 1.54) is 5.56 Å². The van der Waals surface area contributed by atoms with Gasteiger partial charge in [0.15, 0.2) is 5.78 Å². The molecule has 4 heteroatoms. The van der Waals surface area contributed by atoms with Crippen LogP contribution >= 0.6 is 0 Å². The Labute approximate surface area is 149 Å². The molecule has 1 radical (unpaired) electrons. The molecule has 0 amide bonds. The second-order valence-corrected chi connectivity index (χ2v) is 3.95. The van der Waals surface area contributed by atoms with Crippen molar-refractivity contribution >= 4 is 5.78 Å². The van der Waals surface area contributed by atoms with Crippen molar-refractivity contribution in [2.45, 2.75) is 13.3 Å². The van der Waals surface area contributed by atoms with Crippen molar-refractivity contribution in [2.75, 3.05) is 0 Å². The van der Waals surface area contributed by atoms with Crippen LogP contribution in [0.3, 0.4) is 0 Å². The van der Waals surface area contributed by atoms with Gasteiger partial charge in [0.25, 0.3) is 0 Å². The minimum atomic E-state index is 0. The van der Waals surface area contributed by atoms with Gasteiger partial charge in [-0.3, -0.25) is 4.79 Å². The van der Waals surface area contributed by atoms with E-state index in [1.807, 2.05) is 61.5 Å². The van der Waals surface area contributed by atoms with Crippen LogP contribution in [0.4, 0.5) is 0 Å². The summed E-state index contributed by atoms with van der Waals surface area (Å²) in [4.78, 5) is 11.9. The first-order chi connectivity index (χ1) is 8.75. The third-order valence-corrected chi connectivity index (χ3v) is 2.58. The third kappa shape index (κ3) is 6.45.